The summed E-state index contributed by atoms with van der Waals surface area (Å²) in [4.78, 5) is 24.9. The van der Waals surface area contributed by atoms with Crippen LogP contribution in [-0.4, -0.2) is 32.5 Å². The minimum Gasteiger partial charge on any atom is -0.457 e. The zero-order valence-corrected chi connectivity index (χ0v) is 23.6. The van der Waals surface area contributed by atoms with Gasteiger partial charge in [-0.3, -0.25) is 15.0 Å². The second-order valence-corrected chi connectivity index (χ2v) is 11.2. The van der Waals surface area contributed by atoms with Crippen molar-refractivity contribution in [1.29, 1.82) is 0 Å². The monoisotopic (exact) mass is 594 g/mol. The lowest BCUT2D eigenvalue weighted by molar-refractivity contribution is -0.384. The van der Waals surface area contributed by atoms with Crippen molar-refractivity contribution in [2.45, 2.75) is 18.2 Å². The highest BCUT2D eigenvalue weighted by Crippen LogP contribution is 2.27. The summed E-state index contributed by atoms with van der Waals surface area (Å²) in [5, 5.41) is 13.9. The Labute approximate surface area is 242 Å². The normalized spacial score (nSPS) is 11.1. The van der Waals surface area contributed by atoms with E-state index in [1.165, 1.54) is 11.0 Å². The summed E-state index contributed by atoms with van der Waals surface area (Å²) in [6.07, 6.45) is 0.249. The van der Waals surface area contributed by atoms with Gasteiger partial charge < -0.3 is 10.1 Å². The van der Waals surface area contributed by atoms with Crippen LogP contribution in [0.25, 0.3) is 0 Å². The molecule has 4 aromatic carbocycles. The molecule has 41 heavy (non-hydrogen) atoms. The summed E-state index contributed by atoms with van der Waals surface area (Å²) in [7, 11) is -4.05. The number of hydrogen-bond acceptors (Lipinski definition) is 6. The lowest BCUT2D eigenvalue weighted by atomic mass is 10.2. The summed E-state index contributed by atoms with van der Waals surface area (Å²) in [5.41, 5.74) is 1.73. The van der Waals surface area contributed by atoms with E-state index < -0.39 is 26.7 Å². The molecular formula is C29H27ClN4O6S. The standard InChI is InChI=1S/C29H27ClN4O6S/c1-21-8-10-22(11-9-21)32-29(35)33(23-12-14-25(15-13-23)40-24-6-3-2-4-7-24)19-5-18-31-41(38,39)26-16-17-27(30)28(20-26)34(36)37/h2-4,6-17,20,31H,5,18-19H2,1H3,(H,32,35). The first-order chi connectivity index (χ1) is 19.6. The van der Waals surface area contributed by atoms with Gasteiger partial charge in [0.2, 0.25) is 10.0 Å². The van der Waals surface area contributed by atoms with E-state index in [0.29, 0.717) is 22.9 Å². The molecule has 0 heterocycles. The van der Waals surface area contributed by atoms with Crippen molar-refractivity contribution in [2.24, 2.45) is 0 Å². The maximum atomic E-state index is 13.3. The van der Waals surface area contributed by atoms with Crippen LogP contribution in [0.15, 0.2) is 102 Å². The molecule has 0 saturated heterocycles. The lowest BCUT2D eigenvalue weighted by Crippen LogP contribution is -2.37. The maximum Gasteiger partial charge on any atom is 0.326 e. The Kier molecular flexibility index (Phi) is 9.56. The molecular weight excluding hydrogens is 568 g/mol. The van der Waals surface area contributed by atoms with E-state index in [1.54, 1.807) is 36.4 Å². The molecule has 4 rings (SSSR count). The fourth-order valence-electron chi connectivity index (χ4n) is 3.82. The predicted molar refractivity (Wildman–Crippen MR) is 158 cm³/mol. The van der Waals surface area contributed by atoms with Crippen LogP contribution in [0.1, 0.15) is 12.0 Å². The summed E-state index contributed by atoms with van der Waals surface area (Å²) in [5.74, 6) is 1.26. The average Bonchev–Trinajstić information content (AvgIpc) is 2.95. The Hall–Kier alpha value is -4.45. The number of para-hydroxylation sites is 1. The smallest absolute Gasteiger partial charge is 0.326 e. The van der Waals surface area contributed by atoms with Crippen LogP contribution < -0.4 is 19.7 Å². The van der Waals surface area contributed by atoms with E-state index in [0.717, 1.165) is 17.7 Å². The van der Waals surface area contributed by atoms with Crippen LogP contribution in [0.2, 0.25) is 5.02 Å². The molecule has 0 aliphatic heterocycles. The number of sulfonamides is 1. The fraction of sp³-hybridized carbons (Fsp3) is 0.138. The number of ether oxygens (including phenoxy) is 1. The van der Waals surface area contributed by atoms with Gasteiger partial charge in [-0.2, -0.15) is 0 Å². The first-order valence-electron chi connectivity index (χ1n) is 12.5. The fourth-order valence-corrected chi connectivity index (χ4v) is 5.10. The second kappa shape index (κ2) is 13.3. The molecule has 0 bridgehead atoms. The van der Waals surface area contributed by atoms with Crippen LogP contribution in [0.5, 0.6) is 11.5 Å². The van der Waals surface area contributed by atoms with E-state index in [2.05, 4.69) is 10.0 Å². The van der Waals surface area contributed by atoms with Gasteiger partial charge in [-0.05, 0) is 74.0 Å². The number of aryl methyl sites for hydroxylation is 1. The van der Waals surface area contributed by atoms with Crippen molar-refractivity contribution >= 4 is 44.7 Å². The number of rotatable bonds is 11. The van der Waals surface area contributed by atoms with Gasteiger partial charge in [0, 0.05) is 30.5 Å². The minimum absolute atomic E-state index is 0.0255. The number of amides is 2. The number of urea groups is 1. The van der Waals surface area contributed by atoms with E-state index in [1.807, 2.05) is 49.4 Å². The Morgan fingerprint density at radius 2 is 1.61 bits per heavy atom. The van der Waals surface area contributed by atoms with Gasteiger partial charge >= 0.3 is 6.03 Å². The highest BCUT2D eigenvalue weighted by molar-refractivity contribution is 7.89. The van der Waals surface area contributed by atoms with E-state index in [9.17, 15) is 23.3 Å². The largest absolute Gasteiger partial charge is 0.457 e. The van der Waals surface area contributed by atoms with E-state index >= 15 is 0 Å². The van der Waals surface area contributed by atoms with Crippen LogP contribution in [0, 0.1) is 17.0 Å². The molecule has 2 amide bonds. The molecule has 4 aromatic rings. The highest BCUT2D eigenvalue weighted by atomic mass is 35.5. The zero-order valence-electron chi connectivity index (χ0n) is 22.0. The number of nitro groups is 1. The number of carbonyl (C=O) groups excluding carboxylic acids is 1. The molecule has 12 heteroatoms. The number of hydrogen-bond donors (Lipinski definition) is 2. The van der Waals surface area contributed by atoms with E-state index in [-0.39, 0.29) is 29.4 Å². The van der Waals surface area contributed by atoms with Crippen LogP contribution in [-0.2, 0) is 10.0 Å². The number of nitrogens with one attached hydrogen (secondary N) is 2. The van der Waals surface area contributed by atoms with Crippen LogP contribution >= 0.6 is 11.6 Å². The van der Waals surface area contributed by atoms with Crippen molar-refractivity contribution in [3.05, 3.63) is 118 Å². The molecule has 0 spiro atoms. The SMILES string of the molecule is Cc1ccc(NC(=O)N(CCCNS(=O)(=O)c2ccc(Cl)c([N+](=O)[O-])c2)c2ccc(Oc3ccccc3)cc2)cc1. The first kappa shape index (κ1) is 29.5. The van der Waals surface area contributed by atoms with Crippen molar-refractivity contribution < 1.29 is 22.9 Å². The van der Waals surface area contributed by atoms with Gasteiger partial charge in [-0.1, -0.05) is 47.5 Å². The van der Waals surface area contributed by atoms with Gasteiger partial charge in [-0.15, -0.1) is 0 Å². The number of benzene rings is 4. The van der Waals surface area contributed by atoms with Crippen molar-refractivity contribution in [2.75, 3.05) is 23.3 Å². The summed E-state index contributed by atoms with van der Waals surface area (Å²) in [6, 6.07) is 26.5. The quantitative estimate of drug-likeness (QED) is 0.112. The van der Waals surface area contributed by atoms with Crippen molar-refractivity contribution in [3.8, 4) is 11.5 Å². The molecule has 0 fully saturated rings. The first-order valence-corrected chi connectivity index (χ1v) is 14.4. The molecule has 0 saturated carbocycles. The van der Waals surface area contributed by atoms with E-state index in [4.69, 9.17) is 16.3 Å². The van der Waals surface area contributed by atoms with Gasteiger partial charge in [-0.25, -0.2) is 17.9 Å². The van der Waals surface area contributed by atoms with Gasteiger partial charge in [0.15, 0.2) is 0 Å². The molecule has 0 unspecified atom stereocenters. The van der Waals surface area contributed by atoms with Crippen molar-refractivity contribution in [1.82, 2.24) is 4.72 Å². The minimum atomic E-state index is -4.05. The number of anilines is 2. The maximum absolute atomic E-state index is 13.3. The van der Waals surface area contributed by atoms with Gasteiger partial charge in [0.05, 0.1) is 9.82 Å². The molecule has 0 aliphatic carbocycles. The second-order valence-electron chi connectivity index (χ2n) is 8.98. The number of nitro benzene ring substituents is 1. The molecule has 0 atom stereocenters. The summed E-state index contributed by atoms with van der Waals surface area (Å²) >= 11 is 5.80. The van der Waals surface area contributed by atoms with Crippen molar-refractivity contribution in [3.63, 3.8) is 0 Å². The van der Waals surface area contributed by atoms with Gasteiger partial charge in [0.25, 0.3) is 5.69 Å². The molecule has 0 aliphatic rings. The number of nitrogens with zero attached hydrogens (tertiary/aromatic N) is 2. The molecule has 0 aromatic heterocycles. The van der Waals surface area contributed by atoms with Gasteiger partial charge in [0.1, 0.15) is 16.5 Å². The number of halogens is 1. The van der Waals surface area contributed by atoms with Crippen LogP contribution in [0.3, 0.4) is 0 Å². The Morgan fingerprint density at radius 3 is 2.27 bits per heavy atom. The third kappa shape index (κ3) is 8.04. The Bertz CT molecular complexity index is 1620. The molecule has 2 N–H and O–H groups in total. The average molecular weight is 595 g/mol. The Balaban J connectivity index is 1.46. The lowest BCUT2D eigenvalue weighted by Gasteiger charge is -2.24. The molecule has 0 radical (unpaired) electrons. The highest BCUT2D eigenvalue weighted by Gasteiger charge is 2.21. The third-order valence-corrected chi connectivity index (χ3v) is 7.73. The number of carbonyl (C=O) groups is 1. The summed E-state index contributed by atoms with van der Waals surface area (Å²) in [6.45, 7) is 2.09. The Morgan fingerprint density at radius 1 is 0.951 bits per heavy atom. The zero-order chi connectivity index (χ0) is 29.4. The summed E-state index contributed by atoms with van der Waals surface area (Å²) < 4.78 is 33.7. The molecule has 10 nitrogen and oxygen atoms in total. The topological polar surface area (TPSA) is 131 Å². The predicted octanol–water partition coefficient (Wildman–Crippen LogP) is 6.76. The molecule has 212 valence electrons. The van der Waals surface area contributed by atoms with Crippen LogP contribution in [0.4, 0.5) is 21.9 Å². The third-order valence-electron chi connectivity index (χ3n) is 5.95.